The minimum absolute atomic E-state index is 0.0832. The lowest BCUT2D eigenvalue weighted by molar-refractivity contribution is -0.162. The summed E-state index contributed by atoms with van der Waals surface area (Å²) >= 11 is 0. The molecule has 4 fully saturated rings. The molecule has 0 amide bonds. The minimum Gasteiger partial charge on any atom is -0.462 e. The standard InChI is InChI=1S/C22H29NO2/c1-23-18-9-10-19(23)13-20(12-18)25-21(24)22(16-5-3-2-4-6-16)14-15-7-8-17(22)11-15/h2-6,15,17-20H,7-14H2,1H3/t15?,17?,18-,19+,20?,22?. The second-order valence-corrected chi connectivity index (χ2v) is 8.97. The Kier molecular flexibility index (Phi) is 3.70. The van der Waals surface area contributed by atoms with Gasteiger partial charge in [-0.3, -0.25) is 4.79 Å². The molecule has 2 aliphatic heterocycles. The molecule has 1 aromatic rings. The summed E-state index contributed by atoms with van der Waals surface area (Å²) in [6.45, 7) is 0. The maximum absolute atomic E-state index is 13.5. The van der Waals surface area contributed by atoms with Gasteiger partial charge in [0.1, 0.15) is 6.10 Å². The zero-order chi connectivity index (χ0) is 17.0. The maximum Gasteiger partial charge on any atom is 0.317 e. The van der Waals surface area contributed by atoms with Crippen LogP contribution in [0.1, 0.15) is 56.9 Å². The first-order valence-corrected chi connectivity index (χ1v) is 10.2. The van der Waals surface area contributed by atoms with Gasteiger partial charge < -0.3 is 9.64 Å². The van der Waals surface area contributed by atoms with Gasteiger partial charge in [0, 0.05) is 12.1 Å². The second kappa shape index (κ2) is 5.84. The lowest BCUT2D eigenvalue weighted by Crippen LogP contribution is -2.47. The van der Waals surface area contributed by atoms with Crippen LogP contribution in [0.3, 0.4) is 0 Å². The number of esters is 1. The van der Waals surface area contributed by atoms with Crippen molar-refractivity contribution >= 4 is 5.97 Å². The van der Waals surface area contributed by atoms with Crippen molar-refractivity contribution in [2.75, 3.05) is 7.05 Å². The molecule has 0 N–H and O–H groups in total. The van der Waals surface area contributed by atoms with Crippen molar-refractivity contribution in [3.05, 3.63) is 35.9 Å². The van der Waals surface area contributed by atoms with Crippen LogP contribution in [0.5, 0.6) is 0 Å². The highest BCUT2D eigenvalue weighted by Gasteiger charge is 2.58. The van der Waals surface area contributed by atoms with Gasteiger partial charge in [-0.05, 0) is 69.4 Å². The first-order valence-electron chi connectivity index (χ1n) is 10.2. The van der Waals surface area contributed by atoms with E-state index in [9.17, 15) is 4.79 Å². The van der Waals surface area contributed by atoms with Gasteiger partial charge in [0.05, 0.1) is 5.41 Å². The molecule has 2 saturated carbocycles. The number of hydrogen-bond donors (Lipinski definition) is 0. The van der Waals surface area contributed by atoms with E-state index >= 15 is 0 Å². The molecule has 6 atom stereocenters. The van der Waals surface area contributed by atoms with Crippen molar-refractivity contribution in [3.8, 4) is 0 Å². The van der Waals surface area contributed by atoms with Gasteiger partial charge in [-0.1, -0.05) is 36.8 Å². The first-order chi connectivity index (χ1) is 12.2. The summed E-state index contributed by atoms with van der Waals surface area (Å²) in [5.41, 5.74) is 0.829. The molecule has 1 aromatic carbocycles. The molecular formula is C22H29NO2. The van der Waals surface area contributed by atoms with E-state index in [4.69, 9.17) is 4.74 Å². The summed E-state index contributed by atoms with van der Waals surface area (Å²) in [6, 6.07) is 11.7. The Hall–Kier alpha value is -1.35. The zero-order valence-corrected chi connectivity index (χ0v) is 15.2. The predicted octanol–water partition coefficient (Wildman–Crippen LogP) is 3.91. The Balaban J connectivity index is 1.40. The SMILES string of the molecule is CN1[C@@H]2CC[C@H]1CC(OC(=O)C1(c3ccccc3)CC3CCC1C3)C2. The zero-order valence-electron chi connectivity index (χ0n) is 15.2. The van der Waals surface area contributed by atoms with Crippen LogP contribution in [-0.2, 0) is 14.9 Å². The third kappa shape index (κ3) is 2.38. The molecular weight excluding hydrogens is 310 g/mol. The molecule has 0 spiro atoms. The van der Waals surface area contributed by atoms with Crippen molar-refractivity contribution < 1.29 is 9.53 Å². The van der Waals surface area contributed by atoms with Crippen LogP contribution >= 0.6 is 0 Å². The van der Waals surface area contributed by atoms with Gasteiger partial charge in [-0.25, -0.2) is 0 Å². The Morgan fingerprint density at radius 3 is 2.36 bits per heavy atom. The van der Waals surface area contributed by atoms with Crippen molar-refractivity contribution in [2.45, 2.75) is 75.0 Å². The largest absolute Gasteiger partial charge is 0.462 e. The van der Waals surface area contributed by atoms with Gasteiger partial charge in [-0.2, -0.15) is 0 Å². The van der Waals surface area contributed by atoms with Crippen LogP contribution in [-0.4, -0.2) is 36.1 Å². The molecule has 25 heavy (non-hydrogen) atoms. The summed E-state index contributed by atoms with van der Waals surface area (Å²) in [4.78, 5) is 16.0. The topological polar surface area (TPSA) is 29.5 Å². The maximum atomic E-state index is 13.5. The molecule has 3 heteroatoms. The fourth-order valence-corrected chi connectivity index (χ4v) is 6.50. The van der Waals surface area contributed by atoms with Crippen LogP contribution < -0.4 is 0 Å². The number of piperidine rings is 1. The highest BCUT2D eigenvalue weighted by molar-refractivity contribution is 5.84. The molecule has 2 saturated heterocycles. The molecule has 5 rings (SSSR count). The molecule has 2 aliphatic carbocycles. The lowest BCUT2D eigenvalue weighted by Gasteiger charge is -2.40. The molecule has 3 nitrogen and oxygen atoms in total. The third-order valence-electron chi connectivity index (χ3n) is 7.83. The Morgan fingerprint density at radius 2 is 1.76 bits per heavy atom. The number of benzene rings is 1. The lowest BCUT2D eigenvalue weighted by atomic mass is 9.68. The van der Waals surface area contributed by atoms with Crippen LogP contribution in [0.15, 0.2) is 30.3 Å². The van der Waals surface area contributed by atoms with E-state index in [0.29, 0.717) is 23.9 Å². The van der Waals surface area contributed by atoms with Gasteiger partial charge in [0.25, 0.3) is 0 Å². The number of hydrogen-bond acceptors (Lipinski definition) is 3. The molecule has 134 valence electrons. The Labute approximate surface area is 150 Å². The summed E-state index contributed by atoms with van der Waals surface area (Å²) in [5, 5.41) is 0. The van der Waals surface area contributed by atoms with Crippen molar-refractivity contribution in [3.63, 3.8) is 0 Å². The van der Waals surface area contributed by atoms with Crippen LogP contribution in [0.25, 0.3) is 0 Å². The molecule has 0 aromatic heterocycles. The van der Waals surface area contributed by atoms with Gasteiger partial charge in [0.2, 0.25) is 0 Å². The van der Waals surface area contributed by atoms with E-state index in [1.807, 2.05) is 6.07 Å². The normalized spacial score (nSPS) is 42.7. The Morgan fingerprint density at radius 1 is 1.04 bits per heavy atom. The van der Waals surface area contributed by atoms with E-state index in [1.54, 1.807) is 0 Å². The number of carbonyl (C=O) groups excluding carboxylic acids is 1. The summed E-state index contributed by atoms with van der Waals surface area (Å²) in [7, 11) is 2.24. The second-order valence-electron chi connectivity index (χ2n) is 8.97. The van der Waals surface area contributed by atoms with Crippen LogP contribution in [0, 0.1) is 11.8 Å². The summed E-state index contributed by atoms with van der Waals surface area (Å²) < 4.78 is 6.25. The van der Waals surface area contributed by atoms with E-state index in [0.717, 1.165) is 19.3 Å². The predicted molar refractivity (Wildman–Crippen MR) is 97.3 cm³/mol. The number of ether oxygens (including phenoxy) is 1. The average Bonchev–Trinajstić information content (AvgIpc) is 3.29. The van der Waals surface area contributed by atoms with Gasteiger partial charge in [0.15, 0.2) is 0 Å². The Bertz CT molecular complexity index is 645. The number of nitrogens with zero attached hydrogens (tertiary/aromatic N) is 1. The molecule has 2 heterocycles. The highest BCUT2D eigenvalue weighted by atomic mass is 16.5. The number of carbonyl (C=O) groups is 1. The smallest absolute Gasteiger partial charge is 0.317 e. The molecule has 4 aliphatic rings. The van der Waals surface area contributed by atoms with Crippen LogP contribution in [0.4, 0.5) is 0 Å². The van der Waals surface area contributed by atoms with Crippen molar-refractivity contribution in [1.29, 1.82) is 0 Å². The molecule has 4 bridgehead atoms. The minimum atomic E-state index is -0.368. The molecule has 0 radical (unpaired) electrons. The van der Waals surface area contributed by atoms with E-state index in [1.165, 1.54) is 37.7 Å². The van der Waals surface area contributed by atoms with Crippen molar-refractivity contribution in [1.82, 2.24) is 4.90 Å². The van der Waals surface area contributed by atoms with Crippen molar-refractivity contribution in [2.24, 2.45) is 11.8 Å². The van der Waals surface area contributed by atoms with Gasteiger partial charge in [-0.15, -0.1) is 0 Å². The fraction of sp³-hybridized carbons (Fsp3) is 0.682. The quantitative estimate of drug-likeness (QED) is 0.782. The fourth-order valence-electron chi connectivity index (χ4n) is 6.50. The van der Waals surface area contributed by atoms with Gasteiger partial charge >= 0.3 is 5.97 Å². The van der Waals surface area contributed by atoms with E-state index in [2.05, 4.69) is 36.2 Å². The highest BCUT2D eigenvalue weighted by Crippen LogP contribution is 2.57. The summed E-state index contributed by atoms with van der Waals surface area (Å²) in [6.07, 6.45) is 9.41. The average molecular weight is 339 g/mol. The van der Waals surface area contributed by atoms with Crippen LogP contribution in [0.2, 0.25) is 0 Å². The number of fused-ring (bicyclic) bond motifs is 4. The molecule has 4 unspecified atom stereocenters. The third-order valence-corrected chi connectivity index (χ3v) is 7.83. The van der Waals surface area contributed by atoms with E-state index < -0.39 is 0 Å². The van der Waals surface area contributed by atoms with E-state index in [-0.39, 0.29) is 17.5 Å². The number of rotatable bonds is 3. The first kappa shape index (κ1) is 15.9. The monoisotopic (exact) mass is 339 g/mol. The summed E-state index contributed by atoms with van der Waals surface area (Å²) in [5.74, 6) is 1.28.